The van der Waals surface area contributed by atoms with Crippen LogP contribution >= 0.6 is 15.9 Å². The summed E-state index contributed by atoms with van der Waals surface area (Å²) in [5.41, 5.74) is 2.90. The quantitative estimate of drug-likeness (QED) is 0.913. The number of anilines is 1. The molecule has 0 aliphatic carbocycles. The molecule has 1 aliphatic rings. The molecule has 0 amide bonds. The van der Waals surface area contributed by atoms with Crippen LogP contribution in [0.25, 0.3) is 0 Å². The van der Waals surface area contributed by atoms with E-state index in [2.05, 4.69) is 27.3 Å². The van der Waals surface area contributed by atoms with Crippen molar-refractivity contribution in [2.75, 3.05) is 11.9 Å². The van der Waals surface area contributed by atoms with Gasteiger partial charge in [-0.15, -0.1) is 0 Å². The number of halogens is 2. The van der Waals surface area contributed by atoms with Crippen LogP contribution < -0.4 is 10.1 Å². The molecule has 0 unspecified atom stereocenters. The minimum Gasteiger partial charge on any atom is -0.493 e. The molecule has 0 bridgehead atoms. The lowest BCUT2D eigenvalue weighted by Crippen LogP contribution is -2.02. The Morgan fingerprint density at radius 1 is 1.33 bits per heavy atom. The molecule has 0 aromatic heterocycles. The van der Waals surface area contributed by atoms with Crippen LogP contribution in [0.15, 0.2) is 34.8 Å². The van der Waals surface area contributed by atoms with E-state index in [9.17, 15) is 4.39 Å². The standard InChI is InChI=1S/C16H12BrFN2O/c17-13-5-10-3-4-21-16(10)12(6-13)9-20-14-2-1-11(8-19)15(18)7-14/h1-2,5-7,20H,3-4,9H2. The van der Waals surface area contributed by atoms with Gasteiger partial charge in [0.1, 0.15) is 17.6 Å². The maximum atomic E-state index is 13.6. The number of nitrogens with zero attached hydrogens (tertiary/aromatic N) is 1. The summed E-state index contributed by atoms with van der Waals surface area (Å²) in [4.78, 5) is 0. The first-order chi connectivity index (χ1) is 10.2. The topological polar surface area (TPSA) is 45.0 Å². The average Bonchev–Trinajstić information content (AvgIpc) is 2.93. The average molecular weight is 347 g/mol. The minimum atomic E-state index is -0.516. The molecule has 0 radical (unpaired) electrons. The first-order valence-electron chi connectivity index (χ1n) is 6.55. The molecule has 0 fully saturated rings. The zero-order valence-electron chi connectivity index (χ0n) is 11.1. The third kappa shape index (κ3) is 2.86. The van der Waals surface area contributed by atoms with Crippen molar-refractivity contribution in [1.29, 1.82) is 5.26 Å². The van der Waals surface area contributed by atoms with E-state index in [0.717, 1.165) is 22.2 Å². The molecular formula is C16H12BrFN2O. The third-order valence-electron chi connectivity index (χ3n) is 3.40. The van der Waals surface area contributed by atoms with Gasteiger partial charge in [-0.3, -0.25) is 0 Å². The molecule has 3 rings (SSSR count). The molecule has 0 saturated heterocycles. The number of nitriles is 1. The fourth-order valence-corrected chi connectivity index (χ4v) is 2.94. The number of ether oxygens (including phenoxy) is 1. The molecule has 21 heavy (non-hydrogen) atoms. The summed E-state index contributed by atoms with van der Waals surface area (Å²) in [6.45, 7) is 1.23. The smallest absolute Gasteiger partial charge is 0.143 e. The van der Waals surface area contributed by atoms with Gasteiger partial charge >= 0.3 is 0 Å². The summed E-state index contributed by atoms with van der Waals surface area (Å²) >= 11 is 3.49. The van der Waals surface area contributed by atoms with E-state index >= 15 is 0 Å². The van der Waals surface area contributed by atoms with E-state index in [-0.39, 0.29) is 5.56 Å². The Hall–Kier alpha value is -2.06. The Morgan fingerprint density at radius 2 is 2.19 bits per heavy atom. The second kappa shape index (κ2) is 5.74. The lowest BCUT2D eigenvalue weighted by Gasteiger charge is -2.11. The highest BCUT2D eigenvalue weighted by Gasteiger charge is 2.17. The van der Waals surface area contributed by atoms with Crippen LogP contribution in [0.1, 0.15) is 16.7 Å². The number of rotatable bonds is 3. The fraction of sp³-hybridized carbons (Fsp3) is 0.188. The lowest BCUT2D eigenvalue weighted by atomic mass is 10.1. The van der Waals surface area contributed by atoms with E-state index in [1.807, 2.05) is 12.1 Å². The third-order valence-corrected chi connectivity index (χ3v) is 3.86. The van der Waals surface area contributed by atoms with Gasteiger partial charge in [0.25, 0.3) is 0 Å². The molecule has 2 aromatic rings. The maximum absolute atomic E-state index is 13.6. The molecule has 0 saturated carbocycles. The van der Waals surface area contributed by atoms with E-state index in [1.54, 1.807) is 6.07 Å². The molecular weight excluding hydrogens is 335 g/mol. The summed E-state index contributed by atoms with van der Waals surface area (Å²) in [5.74, 6) is 0.401. The summed E-state index contributed by atoms with van der Waals surface area (Å²) in [5, 5.41) is 11.9. The molecule has 5 heteroatoms. The molecule has 3 nitrogen and oxygen atoms in total. The highest BCUT2D eigenvalue weighted by molar-refractivity contribution is 9.10. The van der Waals surface area contributed by atoms with Gasteiger partial charge in [0.2, 0.25) is 0 Å². The zero-order chi connectivity index (χ0) is 14.8. The number of hydrogen-bond donors (Lipinski definition) is 1. The van der Waals surface area contributed by atoms with Crippen LogP contribution in [0.3, 0.4) is 0 Å². The molecule has 1 heterocycles. The van der Waals surface area contributed by atoms with Crippen LogP contribution in [0, 0.1) is 17.1 Å². The summed E-state index contributed by atoms with van der Waals surface area (Å²) < 4.78 is 20.2. The number of benzene rings is 2. The van der Waals surface area contributed by atoms with Gasteiger partial charge in [0, 0.05) is 28.7 Å². The van der Waals surface area contributed by atoms with Gasteiger partial charge in [0.05, 0.1) is 12.2 Å². The lowest BCUT2D eigenvalue weighted by molar-refractivity contribution is 0.354. The minimum absolute atomic E-state index is 0.0484. The number of nitrogens with one attached hydrogen (secondary N) is 1. The summed E-state index contributed by atoms with van der Waals surface area (Å²) in [6.07, 6.45) is 0.910. The molecule has 0 atom stereocenters. The van der Waals surface area contributed by atoms with Crippen LogP contribution in [-0.4, -0.2) is 6.61 Å². The first-order valence-corrected chi connectivity index (χ1v) is 7.34. The van der Waals surface area contributed by atoms with E-state index in [1.165, 1.54) is 17.7 Å². The van der Waals surface area contributed by atoms with E-state index < -0.39 is 5.82 Å². The van der Waals surface area contributed by atoms with E-state index in [4.69, 9.17) is 10.00 Å². The van der Waals surface area contributed by atoms with Crippen LogP contribution in [0.4, 0.5) is 10.1 Å². The first kappa shape index (κ1) is 13.9. The summed E-state index contributed by atoms with van der Waals surface area (Å²) in [7, 11) is 0. The largest absolute Gasteiger partial charge is 0.493 e. The highest BCUT2D eigenvalue weighted by atomic mass is 79.9. The monoisotopic (exact) mass is 346 g/mol. The van der Waals surface area contributed by atoms with Gasteiger partial charge in [-0.05, 0) is 35.9 Å². The predicted molar refractivity (Wildman–Crippen MR) is 81.8 cm³/mol. The molecule has 1 aliphatic heterocycles. The van der Waals surface area contributed by atoms with Crippen LogP contribution in [-0.2, 0) is 13.0 Å². The van der Waals surface area contributed by atoms with E-state index in [0.29, 0.717) is 18.8 Å². The fourth-order valence-electron chi connectivity index (χ4n) is 2.39. The van der Waals surface area contributed by atoms with Crippen molar-refractivity contribution in [2.45, 2.75) is 13.0 Å². The van der Waals surface area contributed by atoms with Crippen molar-refractivity contribution in [2.24, 2.45) is 0 Å². The number of hydrogen-bond acceptors (Lipinski definition) is 3. The SMILES string of the molecule is N#Cc1ccc(NCc2cc(Br)cc3c2OCC3)cc1F. The van der Waals surface area contributed by atoms with Gasteiger partial charge in [-0.2, -0.15) is 5.26 Å². The second-order valence-corrected chi connectivity index (χ2v) is 5.73. The van der Waals surface area contributed by atoms with Crippen molar-refractivity contribution in [3.8, 4) is 11.8 Å². The van der Waals surface area contributed by atoms with Gasteiger partial charge in [-0.1, -0.05) is 15.9 Å². The normalized spacial score (nSPS) is 12.4. The summed E-state index contributed by atoms with van der Waals surface area (Å²) in [6, 6.07) is 10.4. The molecule has 0 spiro atoms. The molecule has 106 valence electrons. The van der Waals surface area contributed by atoms with Crippen molar-refractivity contribution in [3.63, 3.8) is 0 Å². The van der Waals surface area contributed by atoms with Crippen LogP contribution in [0.2, 0.25) is 0 Å². The number of fused-ring (bicyclic) bond motifs is 1. The molecule has 2 aromatic carbocycles. The van der Waals surface area contributed by atoms with Crippen molar-refractivity contribution in [1.82, 2.24) is 0 Å². The highest BCUT2D eigenvalue weighted by Crippen LogP contribution is 2.33. The maximum Gasteiger partial charge on any atom is 0.143 e. The Morgan fingerprint density at radius 3 is 2.95 bits per heavy atom. The predicted octanol–water partition coefficient (Wildman–Crippen LogP) is 4.01. The van der Waals surface area contributed by atoms with Crippen molar-refractivity contribution >= 4 is 21.6 Å². The van der Waals surface area contributed by atoms with Gasteiger partial charge in [-0.25, -0.2) is 4.39 Å². The Labute approximate surface area is 130 Å². The molecule has 1 N–H and O–H groups in total. The van der Waals surface area contributed by atoms with Gasteiger partial charge < -0.3 is 10.1 Å². The Balaban J connectivity index is 1.80. The van der Waals surface area contributed by atoms with Gasteiger partial charge in [0.15, 0.2) is 0 Å². The van der Waals surface area contributed by atoms with Crippen LogP contribution in [0.5, 0.6) is 5.75 Å². The second-order valence-electron chi connectivity index (χ2n) is 4.81. The van der Waals surface area contributed by atoms with Crippen molar-refractivity contribution in [3.05, 3.63) is 57.3 Å². The Bertz CT molecular complexity index is 740. The Kier molecular flexibility index (Phi) is 3.80. The zero-order valence-corrected chi connectivity index (χ0v) is 12.7. The van der Waals surface area contributed by atoms with Crippen molar-refractivity contribution < 1.29 is 9.13 Å².